The van der Waals surface area contributed by atoms with Crippen molar-refractivity contribution in [3.8, 4) is 0 Å². The maximum atomic E-state index is 14.0. The number of rotatable bonds is 6. The largest absolute Gasteiger partial charge is 0.329 e. The van der Waals surface area contributed by atoms with E-state index in [0.29, 0.717) is 12.1 Å². The molecule has 0 fully saturated rings. The number of nitrogens with zero attached hydrogens (tertiary/aromatic N) is 2. The van der Waals surface area contributed by atoms with Crippen LogP contribution in [0.3, 0.4) is 0 Å². The second-order valence-corrected chi connectivity index (χ2v) is 4.69. The van der Waals surface area contributed by atoms with Crippen molar-refractivity contribution >= 4 is 0 Å². The summed E-state index contributed by atoms with van der Waals surface area (Å²) in [6, 6.07) is 10.7. The lowest BCUT2D eigenvalue weighted by molar-refractivity contribution is 0.199. The molecule has 0 aliphatic carbocycles. The fourth-order valence-corrected chi connectivity index (χ4v) is 2.38. The first kappa shape index (κ1) is 14.6. The van der Waals surface area contributed by atoms with E-state index in [9.17, 15) is 4.39 Å². The van der Waals surface area contributed by atoms with Crippen molar-refractivity contribution in [2.75, 3.05) is 13.1 Å². The van der Waals surface area contributed by atoms with Gasteiger partial charge < -0.3 is 5.73 Å². The minimum atomic E-state index is -0.198. The number of nitrogens with two attached hydrogens (primary N) is 1. The van der Waals surface area contributed by atoms with Gasteiger partial charge in [0.25, 0.3) is 0 Å². The highest BCUT2D eigenvalue weighted by atomic mass is 19.1. The van der Waals surface area contributed by atoms with Gasteiger partial charge in [-0.25, -0.2) is 4.39 Å². The van der Waals surface area contributed by atoms with Crippen molar-refractivity contribution in [2.45, 2.75) is 19.5 Å². The minimum Gasteiger partial charge on any atom is -0.329 e. The van der Waals surface area contributed by atoms with Crippen molar-refractivity contribution in [1.29, 1.82) is 0 Å². The van der Waals surface area contributed by atoms with Gasteiger partial charge in [0.1, 0.15) is 5.82 Å². The Hall–Kier alpha value is -1.78. The summed E-state index contributed by atoms with van der Waals surface area (Å²) >= 11 is 0. The summed E-state index contributed by atoms with van der Waals surface area (Å²) in [7, 11) is 0. The third-order valence-electron chi connectivity index (χ3n) is 3.47. The average Bonchev–Trinajstić information content (AvgIpc) is 2.49. The summed E-state index contributed by atoms with van der Waals surface area (Å²) < 4.78 is 14.0. The molecule has 0 radical (unpaired) electrons. The summed E-state index contributed by atoms with van der Waals surface area (Å²) in [5, 5.41) is 0. The van der Waals surface area contributed by atoms with Crippen LogP contribution in [0.2, 0.25) is 0 Å². The number of hydrogen-bond acceptors (Lipinski definition) is 3. The van der Waals surface area contributed by atoms with E-state index in [2.05, 4.69) is 16.8 Å². The summed E-state index contributed by atoms with van der Waals surface area (Å²) in [4.78, 5) is 6.19. The molecule has 106 valence electrons. The first-order valence-corrected chi connectivity index (χ1v) is 6.83. The number of likely N-dealkylation sites (N-methyl/N-ethyl adjacent to an activating group) is 1. The van der Waals surface area contributed by atoms with Gasteiger partial charge in [0.15, 0.2) is 0 Å². The first-order chi connectivity index (χ1) is 9.76. The predicted octanol–water partition coefficient (Wildman–Crippen LogP) is 2.74. The van der Waals surface area contributed by atoms with Crippen LogP contribution in [0.1, 0.15) is 24.1 Å². The molecule has 1 aromatic heterocycles. The quantitative estimate of drug-likeness (QED) is 0.880. The average molecular weight is 273 g/mol. The fourth-order valence-electron chi connectivity index (χ4n) is 2.38. The zero-order chi connectivity index (χ0) is 14.4. The smallest absolute Gasteiger partial charge is 0.128 e. The maximum absolute atomic E-state index is 14.0. The topological polar surface area (TPSA) is 42.2 Å². The van der Waals surface area contributed by atoms with E-state index in [1.54, 1.807) is 18.5 Å². The molecule has 2 aromatic rings. The lowest BCUT2D eigenvalue weighted by atomic mass is 10.0. The van der Waals surface area contributed by atoms with E-state index < -0.39 is 0 Å². The van der Waals surface area contributed by atoms with Crippen LogP contribution >= 0.6 is 0 Å². The number of benzene rings is 1. The Morgan fingerprint density at radius 2 is 1.90 bits per heavy atom. The molecule has 0 aliphatic rings. The SMILES string of the molecule is CCN(Cc1ccncc1)C(CN)c1ccccc1F. The number of pyridine rings is 1. The van der Waals surface area contributed by atoms with Crippen molar-refractivity contribution in [2.24, 2.45) is 5.73 Å². The molecular formula is C16H20FN3. The van der Waals surface area contributed by atoms with Gasteiger partial charge in [0.05, 0.1) is 6.04 Å². The van der Waals surface area contributed by atoms with Gasteiger partial charge in [-0.15, -0.1) is 0 Å². The Morgan fingerprint density at radius 1 is 1.20 bits per heavy atom. The zero-order valence-corrected chi connectivity index (χ0v) is 11.7. The standard InChI is InChI=1S/C16H20FN3/c1-2-20(12-13-7-9-19-10-8-13)16(11-18)14-5-3-4-6-15(14)17/h3-10,16H,2,11-12,18H2,1H3. The van der Waals surface area contributed by atoms with Gasteiger partial charge in [-0.3, -0.25) is 9.88 Å². The predicted molar refractivity (Wildman–Crippen MR) is 78.5 cm³/mol. The van der Waals surface area contributed by atoms with Crippen LogP contribution in [-0.4, -0.2) is 23.0 Å². The van der Waals surface area contributed by atoms with Crippen LogP contribution in [0, 0.1) is 5.82 Å². The summed E-state index contributed by atoms with van der Waals surface area (Å²) in [5.41, 5.74) is 7.69. The first-order valence-electron chi connectivity index (χ1n) is 6.83. The Morgan fingerprint density at radius 3 is 2.50 bits per heavy atom. The second-order valence-electron chi connectivity index (χ2n) is 4.69. The molecule has 1 atom stereocenters. The highest BCUT2D eigenvalue weighted by Gasteiger charge is 2.20. The molecule has 0 aliphatic heterocycles. The van der Waals surface area contributed by atoms with Crippen molar-refractivity contribution in [3.05, 3.63) is 65.7 Å². The molecule has 0 saturated carbocycles. The van der Waals surface area contributed by atoms with Gasteiger partial charge in [-0.1, -0.05) is 25.1 Å². The van der Waals surface area contributed by atoms with Crippen LogP contribution in [-0.2, 0) is 6.54 Å². The molecule has 2 N–H and O–H groups in total. The van der Waals surface area contributed by atoms with E-state index in [0.717, 1.165) is 18.7 Å². The number of aromatic nitrogens is 1. The fraction of sp³-hybridized carbons (Fsp3) is 0.312. The van der Waals surface area contributed by atoms with Gasteiger partial charge in [0, 0.05) is 31.0 Å². The molecule has 4 heteroatoms. The third kappa shape index (κ3) is 3.40. The van der Waals surface area contributed by atoms with E-state index >= 15 is 0 Å². The number of halogens is 1. The van der Waals surface area contributed by atoms with Crippen LogP contribution in [0.25, 0.3) is 0 Å². The summed E-state index contributed by atoms with van der Waals surface area (Å²) in [6.45, 7) is 3.98. The molecule has 2 rings (SSSR count). The molecule has 20 heavy (non-hydrogen) atoms. The Bertz CT molecular complexity index is 530. The van der Waals surface area contributed by atoms with Crippen molar-refractivity contribution < 1.29 is 4.39 Å². The van der Waals surface area contributed by atoms with Crippen LogP contribution in [0.4, 0.5) is 4.39 Å². The maximum Gasteiger partial charge on any atom is 0.128 e. The highest BCUT2D eigenvalue weighted by Crippen LogP contribution is 2.23. The van der Waals surface area contributed by atoms with Crippen molar-refractivity contribution in [1.82, 2.24) is 9.88 Å². The van der Waals surface area contributed by atoms with Gasteiger partial charge in [-0.05, 0) is 30.3 Å². The molecule has 0 amide bonds. The normalized spacial score (nSPS) is 12.6. The van der Waals surface area contributed by atoms with E-state index in [1.165, 1.54) is 6.07 Å². The van der Waals surface area contributed by atoms with Crippen LogP contribution in [0.15, 0.2) is 48.8 Å². The van der Waals surface area contributed by atoms with Gasteiger partial charge in [-0.2, -0.15) is 0 Å². The Labute approximate surface area is 119 Å². The van der Waals surface area contributed by atoms with Gasteiger partial charge >= 0.3 is 0 Å². The third-order valence-corrected chi connectivity index (χ3v) is 3.47. The van der Waals surface area contributed by atoms with Crippen LogP contribution < -0.4 is 5.73 Å². The van der Waals surface area contributed by atoms with E-state index in [-0.39, 0.29) is 11.9 Å². The molecule has 1 heterocycles. The van der Waals surface area contributed by atoms with Crippen molar-refractivity contribution in [3.63, 3.8) is 0 Å². The summed E-state index contributed by atoms with van der Waals surface area (Å²) in [6.07, 6.45) is 3.54. The Kier molecular flexibility index (Phi) is 5.21. The highest BCUT2D eigenvalue weighted by molar-refractivity contribution is 5.22. The molecule has 0 saturated heterocycles. The zero-order valence-electron chi connectivity index (χ0n) is 11.7. The van der Waals surface area contributed by atoms with Crippen LogP contribution in [0.5, 0.6) is 0 Å². The number of hydrogen-bond donors (Lipinski definition) is 1. The van der Waals surface area contributed by atoms with Gasteiger partial charge in [0.2, 0.25) is 0 Å². The molecule has 0 spiro atoms. The molecule has 3 nitrogen and oxygen atoms in total. The molecular weight excluding hydrogens is 253 g/mol. The summed E-state index contributed by atoms with van der Waals surface area (Å²) in [5.74, 6) is -0.198. The Balaban J connectivity index is 2.22. The second kappa shape index (κ2) is 7.12. The lowest BCUT2D eigenvalue weighted by Crippen LogP contribution is -2.33. The molecule has 0 bridgehead atoms. The minimum absolute atomic E-state index is 0.116. The van der Waals surface area contributed by atoms with E-state index in [1.807, 2.05) is 24.3 Å². The molecule has 1 aromatic carbocycles. The lowest BCUT2D eigenvalue weighted by Gasteiger charge is -2.30. The monoisotopic (exact) mass is 273 g/mol. The van der Waals surface area contributed by atoms with E-state index in [4.69, 9.17) is 5.73 Å². The molecule has 1 unspecified atom stereocenters.